The highest BCUT2D eigenvalue weighted by Gasteiger charge is 2.06. The minimum atomic E-state index is 0.388. The number of phenolic OH excluding ortho intramolecular Hbond substituents is 1. The Morgan fingerprint density at radius 1 is 1.15 bits per heavy atom. The molecule has 0 unspecified atom stereocenters. The van der Waals surface area contributed by atoms with E-state index in [2.05, 4.69) is 21.1 Å². The Bertz CT molecular complexity index is 269. The van der Waals surface area contributed by atoms with Crippen molar-refractivity contribution >= 4 is 12.7 Å². The molecule has 2 heteroatoms. The smallest absolute Gasteiger partial charge is 0.148 e. The van der Waals surface area contributed by atoms with E-state index in [9.17, 15) is 5.11 Å². The van der Waals surface area contributed by atoms with Gasteiger partial charge in [-0.3, -0.25) is 0 Å². The third-order valence-electron chi connectivity index (χ3n) is 2.39. The maximum atomic E-state index is 9.46. The Labute approximate surface area is 81.0 Å². The Balaban J connectivity index is 3.25. The van der Waals surface area contributed by atoms with Crippen LogP contribution < -0.4 is 5.46 Å². The van der Waals surface area contributed by atoms with Gasteiger partial charge in [0, 0.05) is 0 Å². The van der Waals surface area contributed by atoms with Crippen LogP contribution in [0.1, 0.15) is 25.0 Å². The molecule has 0 aliphatic rings. The fourth-order valence-electron chi connectivity index (χ4n) is 1.72. The SMILES string of the molecule is C[B]c1c(CC)cc(O)cc1CC. The molecule has 1 aromatic carbocycles. The van der Waals surface area contributed by atoms with Crippen LogP contribution in [0.15, 0.2) is 12.1 Å². The summed E-state index contributed by atoms with van der Waals surface area (Å²) >= 11 is 0. The maximum Gasteiger partial charge on any atom is 0.148 e. The molecule has 69 valence electrons. The van der Waals surface area contributed by atoms with Crippen LogP contribution in [-0.4, -0.2) is 12.4 Å². The predicted octanol–water partition coefficient (Wildman–Crippen LogP) is 1.89. The average Bonchev–Trinajstić information content (AvgIpc) is 2.16. The molecule has 0 amide bonds. The van der Waals surface area contributed by atoms with Gasteiger partial charge in [-0.2, -0.15) is 0 Å². The monoisotopic (exact) mass is 175 g/mol. The molecule has 0 bridgehead atoms. The highest BCUT2D eigenvalue weighted by molar-refractivity contribution is 6.53. The molecule has 0 atom stereocenters. The van der Waals surface area contributed by atoms with Crippen LogP contribution in [0.3, 0.4) is 0 Å². The molecule has 0 aromatic heterocycles. The summed E-state index contributed by atoms with van der Waals surface area (Å²) in [6.45, 7) is 6.27. The van der Waals surface area contributed by atoms with Crippen LogP contribution in [0.25, 0.3) is 0 Å². The van der Waals surface area contributed by atoms with Crippen LogP contribution in [0, 0.1) is 0 Å². The molecule has 0 aliphatic heterocycles. The number of rotatable bonds is 3. The normalized spacial score (nSPS) is 10.1. The number of phenols is 1. The highest BCUT2D eigenvalue weighted by atomic mass is 16.3. The van der Waals surface area contributed by atoms with E-state index in [4.69, 9.17) is 0 Å². The number of benzene rings is 1. The van der Waals surface area contributed by atoms with Gasteiger partial charge in [0.1, 0.15) is 13.0 Å². The zero-order valence-corrected chi connectivity index (χ0v) is 8.59. The summed E-state index contributed by atoms with van der Waals surface area (Å²) in [6, 6.07) is 3.71. The number of hydrogen-bond acceptors (Lipinski definition) is 1. The molecule has 0 saturated carbocycles. The van der Waals surface area contributed by atoms with E-state index in [0.29, 0.717) is 5.75 Å². The van der Waals surface area contributed by atoms with Crippen molar-refractivity contribution in [3.8, 4) is 5.75 Å². The van der Waals surface area contributed by atoms with E-state index in [-0.39, 0.29) is 0 Å². The van der Waals surface area contributed by atoms with Gasteiger partial charge in [-0.05, 0) is 25.0 Å². The summed E-state index contributed by atoms with van der Waals surface area (Å²) in [5.41, 5.74) is 3.77. The Morgan fingerprint density at radius 3 is 1.92 bits per heavy atom. The summed E-state index contributed by atoms with van der Waals surface area (Å²) in [5, 5.41) is 9.46. The largest absolute Gasteiger partial charge is 0.508 e. The van der Waals surface area contributed by atoms with Gasteiger partial charge in [-0.1, -0.05) is 37.3 Å². The van der Waals surface area contributed by atoms with Crippen LogP contribution in [0.4, 0.5) is 0 Å². The summed E-state index contributed by atoms with van der Waals surface area (Å²) in [7, 11) is 2.12. The Kier molecular flexibility index (Phi) is 3.41. The van der Waals surface area contributed by atoms with Gasteiger partial charge in [0.05, 0.1) is 0 Å². The first-order valence-electron chi connectivity index (χ1n) is 4.87. The minimum absolute atomic E-state index is 0.388. The van der Waals surface area contributed by atoms with Crippen molar-refractivity contribution in [1.29, 1.82) is 0 Å². The summed E-state index contributed by atoms with van der Waals surface area (Å²) < 4.78 is 0. The van der Waals surface area contributed by atoms with Crippen molar-refractivity contribution < 1.29 is 5.11 Å². The molecule has 0 spiro atoms. The molecule has 1 aromatic rings. The predicted molar refractivity (Wildman–Crippen MR) is 58.1 cm³/mol. The lowest BCUT2D eigenvalue weighted by molar-refractivity contribution is 0.474. The van der Waals surface area contributed by atoms with Crippen molar-refractivity contribution in [2.45, 2.75) is 33.5 Å². The quantitative estimate of drug-likeness (QED) is 0.695. The van der Waals surface area contributed by atoms with E-state index in [1.54, 1.807) is 0 Å². The lowest BCUT2D eigenvalue weighted by Gasteiger charge is -2.11. The lowest BCUT2D eigenvalue weighted by Crippen LogP contribution is -2.21. The third kappa shape index (κ3) is 2.06. The van der Waals surface area contributed by atoms with E-state index in [1.165, 1.54) is 16.6 Å². The van der Waals surface area contributed by atoms with E-state index < -0.39 is 0 Å². The second kappa shape index (κ2) is 4.36. The first-order valence-corrected chi connectivity index (χ1v) is 4.87. The molecule has 1 N–H and O–H groups in total. The van der Waals surface area contributed by atoms with Gasteiger partial charge in [0.25, 0.3) is 0 Å². The lowest BCUT2D eigenvalue weighted by atomic mass is 9.67. The maximum absolute atomic E-state index is 9.46. The molecule has 0 heterocycles. The van der Waals surface area contributed by atoms with Crippen LogP contribution >= 0.6 is 0 Å². The molecule has 0 fully saturated rings. The highest BCUT2D eigenvalue weighted by Crippen LogP contribution is 2.14. The molecule has 1 radical (unpaired) electrons. The molecule has 0 aliphatic carbocycles. The third-order valence-corrected chi connectivity index (χ3v) is 2.39. The zero-order valence-electron chi connectivity index (χ0n) is 8.59. The van der Waals surface area contributed by atoms with E-state index in [1.807, 2.05) is 19.0 Å². The van der Waals surface area contributed by atoms with Crippen LogP contribution in [0.2, 0.25) is 6.82 Å². The van der Waals surface area contributed by atoms with Crippen LogP contribution in [-0.2, 0) is 12.8 Å². The summed E-state index contributed by atoms with van der Waals surface area (Å²) in [6.07, 6.45) is 1.95. The summed E-state index contributed by atoms with van der Waals surface area (Å²) in [4.78, 5) is 0. The van der Waals surface area contributed by atoms with E-state index in [0.717, 1.165) is 12.8 Å². The fraction of sp³-hybridized carbons (Fsp3) is 0.455. The zero-order chi connectivity index (χ0) is 9.84. The first kappa shape index (κ1) is 10.2. The van der Waals surface area contributed by atoms with Gasteiger partial charge >= 0.3 is 0 Å². The average molecular weight is 175 g/mol. The second-order valence-electron chi connectivity index (χ2n) is 3.17. The second-order valence-corrected chi connectivity index (χ2v) is 3.17. The number of aryl methyl sites for hydroxylation is 2. The van der Waals surface area contributed by atoms with Crippen molar-refractivity contribution in [2.75, 3.05) is 0 Å². The fourth-order valence-corrected chi connectivity index (χ4v) is 1.72. The van der Waals surface area contributed by atoms with Gasteiger partial charge in [-0.15, -0.1) is 0 Å². The van der Waals surface area contributed by atoms with Crippen molar-refractivity contribution in [3.63, 3.8) is 0 Å². The first-order chi connectivity index (χ1) is 6.22. The van der Waals surface area contributed by atoms with E-state index >= 15 is 0 Å². The van der Waals surface area contributed by atoms with Gasteiger partial charge in [0.2, 0.25) is 0 Å². The Hall–Kier alpha value is -0.915. The van der Waals surface area contributed by atoms with Crippen molar-refractivity contribution in [3.05, 3.63) is 23.3 Å². The van der Waals surface area contributed by atoms with Gasteiger partial charge in [0.15, 0.2) is 0 Å². The Morgan fingerprint density at radius 2 is 1.62 bits per heavy atom. The molecule has 1 rings (SSSR count). The molecule has 1 nitrogen and oxygen atoms in total. The van der Waals surface area contributed by atoms with Gasteiger partial charge in [-0.25, -0.2) is 0 Å². The summed E-state index contributed by atoms with van der Waals surface area (Å²) in [5.74, 6) is 0.388. The van der Waals surface area contributed by atoms with Crippen molar-refractivity contribution in [1.82, 2.24) is 0 Å². The molecule has 13 heavy (non-hydrogen) atoms. The minimum Gasteiger partial charge on any atom is -0.508 e. The van der Waals surface area contributed by atoms with Crippen molar-refractivity contribution in [2.24, 2.45) is 0 Å². The molecular weight excluding hydrogens is 159 g/mol. The topological polar surface area (TPSA) is 20.2 Å². The number of hydrogen-bond donors (Lipinski definition) is 1. The molecule has 0 saturated heterocycles. The molecular formula is C11H16BO. The van der Waals surface area contributed by atoms with Gasteiger partial charge < -0.3 is 5.11 Å². The standard InChI is InChI=1S/C11H16BO/c1-4-8-6-10(13)7-9(5-2)11(8)12-3/h6-7,13H,4-5H2,1-3H3. The number of aromatic hydroxyl groups is 1. The van der Waals surface area contributed by atoms with Crippen LogP contribution in [0.5, 0.6) is 5.75 Å².